The lowest BCUT2D eigenvalue weighted by atomic mass is 10.2. The fraction of sp³-hybridized carbons (Fsp3) is 0.400. The number of hydrogen-bond donors (Lipinski definition) is 1. The van der Waals surface area contributed by atoms with Gasteiger partial charge in [-0.1, -0.05) is 69.3 Å². The lowest BCUT2D eigenvalue weighted by Crippen LogP contribution is -2.27. The number of rotatable bonds is 5. The molecule has 2 rings (SSSR count). The van der Waals surface area contributed by atoms with E-state index in [1.54, 1.807) is 0 Å². The van der Waals surface area contributed by atoms with Crippen molar-refractivity contribution in [2.45, 2.75) is 39.8 Å². The average Bonchev–Trinajstić information content (AvgIpc) is 2.49. The van der Waals surface area contributed by atoms with Gasteiger partial charge in [-0.25, -0.2) is 0 Å². The first kappa shape index (κ1) is 18.6. The molecule has 0 aliphatic carbocycles. The standard InChI is InChI=1S/C20H29NP2/c1-16-11-7-9-13-18(16)23(15-21-22(6)20(3,4)5)19-14-10-8-12-17(19)2/h7-14,21H,15H2,1-6H3. The van der Waals surface area contributed by atoms with E-state index < -0.39 is 0 Å². The molecule has 2 aromatic carbocycles. The van der Waals surface area contributed by atoms with Crippen molar-refractivity contribution >= 4 is 26.6 Å². The highest BCUT2D eigenvalue weighted by atomic mass is 31.1. The molecule has 0 saturated heterocycles. The molecule has 0 spiro atoms. The molecule has 1 atom stereocenters. The van der Waals surface area contributed by atoms with Crippen LogP contribution in [0.3, 0.4) is 0 Å². The normalized spacial score (nSPS) is 13.3. The SMILES string of the molecule is Cc1ccccc1P(CNP(C)C(C)(C)C)c1ccccc1C. The van der Waals surface area contributed by atoms with Crippen LogP contribution in [0.4, 0.5) is 0 Å². The summed E-state index contributed by atoms with van der Waals surface area (Å²) < 4.78 is 0. The minimum atomic E-state index is -0.367. The van der Waals surface area contributed by atoms with E-state index in [0.717, 1.165) is 6.29 Å². The van der Waals surface area contributed by atoms with Crippen LogP contribution in [0.2, 0.25) is 0 Å². The highest BCUT2D eigenvalue weighted by Crippen LogP contribution is 2.45. The van der Waals surface area contributed by atoms with Crippen LogP contribution in [0, 0.1) is 13.8 Å². The first-order valence-electron chi connectivity index (χ1n) is 8.17. The van der Waals surface area contributed by atoms with Gasteiger partial charge in [0.1, 0.15) is 0 Å². The second kappa shape index (κ2) is 7.89. The van der Waals surface area contributed by atoms with Crippen LogP contribution in [0.15, 0.2) is 48.5 Å². The van der Waals surface area contributed by atoms with E-state index in [4.69, 9.17) is 0 Å². The summed E-state index contributed by atoms with van der Waals surface area (Å²) in [6.45, 7) is 13.8. The van der Waals surface area contributed by atoms with Crippen molar-refractivity contribution < 1.29 is 0 Å². The van der Waals surface area contributed by atoms with Gasteiger partial charge in [-0.2, -0.15) is 0 Å². The molecule has 0 aromatic heterocycles. The first-order chi connectivity index (χ1) is 10.8. The molecule has 0 bridgehead atoms. The first-order valence-corrected chi connectivity index (χ1v) is 11.5. The summed E-state index contributed by atoms with van der Waals surface area (Å²) >= 11 is 0. The summed E-state index contributed by atoms with van der Waals surface area (Å²) in [7, 11) is -0.555. The summed E-state index contributed by atoms with van der Waals surface area (Å²) in [5.74, 6) is 0. The van der Waals surface area contributed by atoms with Gasteiger partial charge in [0.15, 0.2) is 0 Å². The maximum atomic E-state index is 3.87. The predicted molar refractivity (Wildman–Crippen MR) is 109 cm³/mol. The molecule has 0 fully saturated rings. The zero-order valence-corrected chi connectivity index (χ0v) is 17.0. The summed E-state index contributed by atoms with van der Waals surface area (Å²) in [6.07, 6.45) is 1.06. The highest BCUT2D eigenvalue weighted by molar-refractivity contribution is 7.73. The number of benzene rings is 2. The van der Waals surface area contributed by atoms with Crippen molar-refractivity contribution in [1.82, 2.24) is 5.09 Å². The molecule has 124 valence electrons. The molecule has 0 saturated carbocycles. The van der Waals surface area contributed by atoms with Gasteiger partial charge in [0.25, 0.3) is 0 Å². The summed E-state index contributed by atoms with van der Waals surface area (Å²) in [6, 6.07) is 17.7. The zero-order valence-electron chi connectivity index (χ0n) is 15.2. The Labute approximate surface area is 144 Å². The van der Waals surface area contributed by atoms with E-state index in [2.05, 4.69) is 94.9 Å². The highest BCUT2D eigenvalue weighted by Gasteiger charge is 2.23. The lowest BCUT2D eigenvalue weighted by Gasteiger charge is -2.31. The number of hydrogen-bond acceptors (Lipinski definition) is 1. The van der Waals surface area contributed by atoms with Crippen LogP contribution >= 0.6 is 16.0 Å². The summed E-state index contributed by atoms with van der Waals surface area (Å²) in [5, 5.41) is 7.21. The van der Waals surface area contributed by atoms with E-state index in [1.165, 1.54) is 21.7 Å². The maximum Gasteiger partial charge on any atom is 0.0274 e. The van der Waals surface area contributed by atoms with Gasteiger partial charge in [-0.3, -0.25) is 5.09 Å². The minimum absolute atomic E-state index is 0.188. The third kappa shape index (κ3) is 4.87. The fourth-order valence-electron chi connectivity index (χ4n) is 2.45. The van der Waals surface area contributed by atoms with Crippen LogP contribution in [-0.4, -0.2) is 18.1 Å². The molecule has 0 radical (unpaired) electrons. The van der Waals surface area contributed by atoms with E-state index in [0.29, 0.717) is 5.16 Å². The molecule has 0 aliphatic rings. The largest absolute Gasteiger partial charge is 0.291 e. The quantitative estimate of drug-likeness (QED) is 0.743. The van der Waals surface area contributed by atoms with Gasteiger partial charge in [0, 0.05) is 6.29 Å². The number of nitrogens with one attached hydrogen (secondary N) is 1. The van der Waals surface area contributed by atoms with Gasteiger partial charge in [0.05, 0.1) is 0 Å². The molecule has 1 nitrogen and oxygen atoms in total. The zero-order chi connectivity index (χ0) is 17.0. The Morgan fingerprint density at radius 2 is 1.26 bits per heavy atom. The van der Waals surface area contributed by atoms with E-state index in [-0.39, 0.29) is 16.0 Å². The molecule has 0 aliphatic heterocycles. The van der Waals surface area contributed by atoms with Crippen molar-refractivity contribution in [2.24, 2.45) is 0 Å². The van der Waals surface area contributed by atoms with E-state index in [1.807, 2.05) is 0 Å². The van der Waals surface area contributed by atoms with Crippen LogP contribution in [-0.2, 0) is 0 Å². The molecular formula is C20H29NP2. The van der Waals surface area contributed by atoms with Gasteiger partial charge >= 0.3 is 0 Å². The smallest absolute Gasteiger partial charge is 0.0274 e. The van der Waals surface area contributed by atoms with Crippen LogP contribution in [0.25, 0.3) is 0 Å². The van der Waals surface area contributed by atoms with Crippen molar-refractivity contribution in [3.05, 3.63) is 59.7 Å². The Balaban J connectivity index is 2.34. The van der Waals surface area contributed by atoms with Crippen molar-refractivity contribution in [3.8, 4) is 0 Å². The Hall–Kier alpha value is -0.740. The Morgan fingerprint density at radius 3 is 1.65 bits per heavy atom. The second-order valence-corrected chi connectivity index (χ2v) is 12.0. The molecule has 2 aromatic rings. The van der Waals surface area contributed by atoms with Gasteiger partial charge in [-0.05, 0) is 63.4 Å². The van der Waals surface area contributed by atoms with Crippen LogP contribution < -0.4 is 15.7 Å². The van der Waals surface area contributed by atoms with Crippen LogP contribution in [0.5, 0.6) is 0 Å². The Bertz CT molecular complexity index is 601. The summed E-state index contributed by atoms with van der Waals surface area (Å²) in [4.78, 5) is 0. The van der Waals surface area contributed by atoms with Gasteiger partial charge < -0.3 is 0 Å². The second-order valence-electron chi connectivity index (χ2n) is 7.05. The van der Waals surface area contributed by atoms with Crippen molar-refractivity contribution in [1.29, 1.82) is 0 Å². The fourth-order valence-corrected chi connectivity index (χ4v) is 6.47. The van der Waals surface area contributed by atoms with Gasteiger partial charge in [0.2, 0.25) is 0 Å². The molecule has 1 unspecified atom stereocenters. The van der Waals surface area contributed by atoms with Crippen LogP contribution in [0.1, 0.15) is 31.9 Å². The summed E-state index contributed by atoms with van der Waals surface area (Å²) in [5.41, 5.74) is 2.81. The molecule has 3 heteroatoms. The third-order valence-electron chi connectivity index (χ3n) is 4.28. The molecule has 1 N–H and O–H groups in total. The van der Waals surface area contributed by atoms with E-state index in [9.17, 15) is 0 Å². The van der Waals surface area contributed by atoms with Crippen molar-refractivity contribution in [3.63, 3.8) is 0 Å². The minimum Gasteiger partial charge on any atom is -0.291 e. The Morgan fingerprint density at radius 1 is 0.826 bits per heavy atom. The number of aryl methyl sites for hydroxylation is 2. The third-order valence-corrected chi connectivity index (χ3v) is 9.82. The molecule has 23 heavy (non-hydrogen) atoms. The van der Waals surface area contributed by atoms with Crippen molar-refractivity contribution in [2.75, 3.05) is 13.0 Å². The Kier molecular flexibility index (Phi) is 6.38. The predicted octanol–water partition coefficient (Wildman–Crippen LogP) is 5.11. The van der Waals surface area contributed by atoms with Gasteiger partial charge in [-0.15, -0.1) is 0 Å². The molecular weight excluding hydrogens is 316 g/mol. The molecule has 0 amide bonds. The topological polar surface area (TPSA) is 12.0 Å². The molecule has 0 heterocycles. The average molecular weight is 345 g/mol. The maximum absolute atomic E-state index is 3.87. The monoisotopic (exact) mass is 345 g/mol. The van der Waals surface area contributed by atoms with E-state index >= 15 is 0 Å². The lowest BCUT2D eigenvalue weighted by molar-refractivity contribution is 0.774.